The number of hydrogen-bond acceptors (Lipinski definition) is 3. The first-order valence-electron chi connectivity index (χ1n) is 5.23. The molecule has 2 atom stereocenters. The Kier molecular flexibility index (Phi) is 5.65. The summed E-state index contributed by atoms with van der Waals surface area (Å²) in [5.41, 5.74) is -6.90. The van der Waals surface area contributed by atoms with Crippen LogP contribution >= 0.6 is 23.2 Å². The molecule has 0 saturated heterocycles. The second-order valence-electron chi connectivity index (χ2n) is 3.70. The summed E-state index contributed by atoms with van der Waals surface area (Å²) in [4.78, 5) is 0. The van der Waals surface area contributed by atoms with Gasteiger partial charge < -0.3 is 9.47 Å². The van der Waals surface area contributed by atoms with Crippen LogP contribution < -0.4 is 9.47 Å². The Hall–Kier alpha value is -1.53. The Balaban J connectivity index is 3.21. The zero-order chi connectivity index (χ0) is 17.1. The summed E-state index contributed by atoms with van der Waals surface area (Å²) < 4.78 is 84.9. The predicted molar refractivity (Wildman–Crippen MR) is 63.8 cm³/mol. The van der Waals surface area contributed by atoms with Crippen molar-refractivity contribution < 1.29 is 35.8 Å². The van der Waals surface area contributed by atoms with Gasteiger partial charge in [-0.3, -0.25) is 0 Å². The summed E-state index contributed by atoms with van der Waals surface area (Å²) >= 11 is 9.10. The van der Waals surface area contributed by atoms with Crippen LogP contribution in [0, 0.1) is 11.3 Å². The average Bonchev–Trinajstić information content (AvgIpc) is 2.39. The van der Waals surface area contributed by atoms with Gasteiger partial charge in [0.15, 0.2) is 11.5 Å². The van der Waals surface area contributed by atoms with Gasteiger partial charge in [0, 0.05) is 6.07 Å². The number of nitrogens with zero attached hydrogens (tertiary/aromatic N) is 1. The number of benzene rings is 1. The van der Waals surface area contributed by atoms with E-state index >= 15 is 0 Å². The standard InChI is InChI=1S/C11H5Cl2F6NO2/c12-8(14)10(16,17)21-6-2-1-5(4-20)3-7(6)22-11(18,19)9(13)15/h1-3,8-9H. The van der Waals surface area contributed by atoms with Crippen LogP contribution in [0.25, 0.3) is 0 Å². The van der Waals surface area contributed by atoms with E-state index in [1.807, 2.05) is 0 Å². The van der Waals surface area contributed by atoms with Crippen molar-refractivity contribution >= 4 is 23.2 Å². The van der Waals surface area contributed by atoms with Crippen LogP contribution in [0.2, 0.25) is 0 Å². The maximum absolute atomic E-state index is 13.1. The van der Waals surface area contributed by atoms with Crippen molar-refractivity contribution in [1.29, 1.82) is 5.26 Å². The zero-order valence-corrected chi connectivity index (χ0v) is 11.7. The zero-order valence-electron chi connectivity index (χ0n) is 10.2. The normalized spacial score (nSPS) is 14.9. The second kappa shape index (κ2) is 6.71. The van der Waals surface area contributed by atoms with Crippen molar-refractivity contribution in [2.45, 2.75) is 23.5 Å². The minimum Gasteiger partial charge on any atom is -0.425 e. The molecule has 0 aliphatic carbocycles. The molecule has 1 aromatic rings. The summed E-state index contributed by atoms with van der Waals surface area (Å²) in [5, 5.41) is 8.62. The Morgan fingerprint density at radius 1 is 0.955 bits per heavy atom. The van der Waals surface area contributed by atoms with Gasteiger partial charge in [0.1, 0.15) is 0 Å². The van der Waals surface area contributed by atoms with Gasteiger partial charge in [0.25, 0.3) is 11.3 Å². The highest BCUT2D eigenvalue weighted by molar-refractivity contribution is 6.20. The third-order valence-corrected chi connectivity index (χ3v) is 2.58. The molecular weight excluding hydrogens is 363 g/mol. The molecule has 0 heterocycles. The van der Waals surface area contributed by atoms with E-state index in [0.29, 0.717) is 12.1 Å². The third-order valence-electron chi connectivity index (χ3n) is 2.07. The molecule has 0 fully saturated rings. The van der Waals surface area contributed by atoms with E-state index in [9.17, 15) is 26.3 Å². The molecule has 0 radical (unpaired) electrons. The molecule has 0 N–H and O–H groups in total. The highest BCUT2D eigenvalue weighted by atomic mass is 35.5. The Morgan fingerprint density at radius 3 is 1.82 bits per heavy atom. The minimum absolute atomic E-state index is 0.297. The summed E-state index contributed by atoms with van der Waals surface area (Å²) in [6.45, 7) is 0. The highest BCUT2D eigenvalue weighted by Crippen LogP contribution is 2.39. The lowest BCUT2D eigenvalue weighted by Crippen LogP contribution is -2.35. The smallest absolute Gasteiger partial charge is 0.425 e. The van der Waals surface area contributed by atoms with Gasteiger partial charge in [-0.25, -0.2) is 8.78 Å². The lowest BCUT2D eigenvalue weighted by Gasteiger charge is -2.22. The van der Waals surface area contributed by atoms with E-state index < -0.39 is 35.0 Å². The first-order chi connectivity index (χ1) is 9.99. The van der Waals surface area contributed by atoms with Crippen molar-refractivity contribution in [3.8, 4) is 17.6 Å². The summed E-state index contributed by atoms with van der Waals surface area (Å²) in [6, 6.07) is 3.57. The van der Waals surface area contributed by atoms with Crippen molar-refractivity contribution in [2.75, 3.05) is 0 Å². The Bertz CT molecular complexity index is 576. The van der Waals surface area contributed by atoms with Gasteiger partial charge >= 0.3 is 12.2 Å². The van der Waals surface area contributed by atoms with E-state index in [2.05, 4.69) is 32.7 Å². The first-order valence-corrected chi connectivity index (χ1v) is 6.11. The molecule has 1 aromatic carbocycles. The number of rotatable bonds is 6. The van der Waals surface area contributed by atoms with Crippen LogP contribution in [0.1, 0.15) is 5.56 Å². The highest BCUT2D eigenvalue weighted by Gasteiger charge is 2.45. The summed E-state index contributed by atoms with van der Waals surface area (Å²) in [7, 11) is 0. The van der Waals surface area contributed by atoms with Crippen LogP contribution in [-0.2, 0) is 0 Å². The molecule has 0 aromatic heterocycles. The quantitative estimate of drug-likeness (QED) is 0.546. The third kappa shape index (κ3) is 4.48. The predicted octanol–water partition coefficient (Wildman–Crippen LogP) is 4.57. The maximum Gasteiger partial charge on any atom is 0.444 e. The fourth-order valence-corrected chi connectivity index (χ4v) is 1.21. The average molecular weight is 368 g/mol. The SMILES string of the molecule is N#Cc1ccc(OC(F)(F)C(F)Cl)c(OC(F)(F)C(F)Cl)c1. The van der Waals surface area contributed by atoms with Crippen LogP contribution in [-0.4, -0.2) is 23.5 Å². The number of hydrogen-bond donors (Lipinski definition) is 0. The summed E-state index contributed by atoms with van der Waals surface area (Å²) in [5.74, 6) is -2.24. The van der Waals surface area contributed by atoms with Crippen LogP contribution in [0.4, 0.5) is 26.3 Å². The van der Waals surface area contributed by atoms with E-state index in [-0.39, 0.29) is 5.56 Å². The molecule has 1 rings (SSSR count). The molecule has 22 heavy (non-hydrogen) atoms. The molecule has 0 spiro atoms. The van der Waals surface area contributed by atoms with E-state index in [4.69, 9.17) is 5.26 Å². The van der Waals surface area contributed by atoms with Crippen LogP contribution in [0.15, 0.2) is 18.2 Å². The molecule has 0 bridgehead atoms. The van der Waals surface area contributed by atoms with Crippen molar-refractivity contribution in [3.05, 3.63) is 23.8 Å². The van der Waals surface area contributed by atoms with Crippen LogP contribution in [0.5, 0.6) is 11.5 Å². The maximum atomic E-state index is 13.1. The molecule has 0 aliphatic heterocycles. The molecule has 11 heteroatoms. The fraction of sp³-hybridized carbons (Fsp3) is 0.364. The van der Waals surface area contributed by atoms with Crippen molar-refractivity contribution in [2.24, 2.45) is 0 Å². The largest absolute Gasteiger partial charge is 0.444 e. The second-order valence-corrected chi connectivity index (χ2v) is 4.47. The number of nitriles is 1. The summed E-state index contributed by atoms with van der Waals surface area (Å²) in [6.07, 6.45) is -9.20. The van der Waals surface area contributed by atoms with Gasteiger partial charge in [-0.2, -0.15) is 22.8 Å². The van der Waals surface area contributed by atoms with Crippen LogP contribution in [0.3, 0.4) is 0 Å². The number of ether oxygens (including phenoxy) is 2. The monoisotopic (exact) mass is 367 g/mol. The molecule has 2 unspecified atom stereocenters. The Morgan fingerprint density at radius 2 is 1.41 bits per heavy atom. The van der Waals surface area contributed by atoms with E-state index in [1.54, 1.807) is 0 Å². The Labute approximate surface area is 129 Å². The lowest BCUT2D eigenvalue weighted by molar-refractivity contribution is -0.212. The number of alkyl halides is 8. The molecule has 0 amide bonds. The van der Waals surface area contributed by atoms with Crippen molar-refractivity contribution in [1.82, 2.24) is 0 Å². The first kappa shape index (κ1) is 18.5. The topological polar surface area (TPSA) is 42.2 Å². The van der Waals surface area contributed by atoms with Crippen molar-refractivity contribution in [3.63, 3.8) is 0 Å². The van der Waals surface area contributed by atoms with Gasteiger partial charge in [-0.05, 0) is 12.1 Å². The molecule has 0 saturated carbocycles. The van der Waals surface area contributed by atoms with E-state index in [1.165, 1.54) is 6.07 Å². The minimum atomic E-state index is -4.61. The van der Waals surface area contributed by atoms with Gasteiger partial charge in [0.05, 0.1) is 11.6 Å². The molecule has 0 aliphatic rings. The molecular formula is C11H5Cl2F6NO2. The van der Waals surface area contributed by atoms with Gasteiger partial charge in [-0.1, -0.05) is 23.2 Å². The fourth-order valence-electron chi connectivity index (χ4n) is 1.12. The molecule has 122 valence electrons. The molecule has 3 nitrogen and oxygen atoms in total. The number of halogens is 8. The van der Waals surface area contributed by atoms with Gasteiger partial charge in [-0.15, -0.1) is 0 Å². The van der Waals surface area contributed by atoms with Gasteiger partial charge in [0.2, 0.25) is 0 Å². The lowest BCUT2D eigenvalue weighted by atomic mass is 10.2. The van der Waals surface area contributed by atoms with E-state index in [0.717, 1.165) is 6.07 Å².